The molecule has 118 valence electrons. The lowest BCUT2D eigenvalue weighted by atomic mass is 9.92. The molecule has 0 aliphatic heterocycles. The molecule has 2 unspecified atom stereocenters. The number of nitrogens with one attached hydrogen (secondary N) is 1. The molecular formula is C15H24N2O3S. The summed E-state index contributed by atoms with van der Waals surface area (Å²) in [7, 11) is 1.63. The first-order valence-electron chi connectivity index (χ1n) is 7.31. The Labute approximate surface area is 127 Å². The van der Waals surface area contributed by atoms with Crippen LogP contribution >= 0.6 is 0 Å². The molecule has 0 amide bonds. The van der Waals surface area contributed by atoms with Gasteiger partial charge in [-0.2, -0.15) is 0 Å². The van der Waals surface area contributed by atoms with Crippen molar-refractivity contribution in [2.45, 2.75) is 42.7 Å². The Morgan fingerprint density at radius 2 is 1.76 bits per heavy atom. The molecule has 0 aromatic heterocycles. The lowest BCUT2D eigenvalue weighted by Gasteiger charge is -2.31. The number of hydrogen-bond donors (Lipinski definition) is 1. The first kappa shape index (κ1) is 16.3. The molecule has 6 heteroatoms. The predicted molar refractivity (Wildman–Crippen MR) is 83.0 cm³/mol. The highest BCUT2D eigenvalue weighted by Crippen LogP contribution is 2.25. The number of rotatable bonds is 5. The van der Waals surface area contributed by atoms with Crippen molar-refractivity contribution in [1.82, 2.24) is 9.62 Å². The van der Waals surface area contributed by atoms with Crippen molar-refractivity contribution in [3.8, 4) is 5.75 Å². The van der Waals surface area contributed by atoms with Crippen molar-refractivity contribution in [2.75, 3.05) is 21.1 Å². The Morgan fingerprint density at radius 1 is 1.14 bits per heavy atom. The average Bonchev–Trinajstić information content (AvgIpc) is 2.48. The monoisotopic (exact) mass is 312 g/mol. The van der Waals surface area contributed by atoms with Crippen molar-refractivity contribution in [3.05, 3.63) is 24.3 Å². The van der Waals surface area contributed by atoms with Gasteiger partial charge in [0.25, 0.3) is 0 Å². The van der Waals surface area contributed by atoms with E-state index in [9.17, 15) is 8.42 Å². The van der Waals surface area contributed by atoms with Gasteiger partial charge in [0.2, 0.25) is 10.0 Å². The maximum Gasteiger partial charge on any atom is 0.242 e. The third-order valence-corrected chi connectivity index (χ3v) is 5.79. The molecule has 1 aliphatic carbocycles. The number of nitrogens with zero attached hydrogens (tertiary/aromatic N) is 1. The SMILES string of the molecule is CNC1CCCCC1Oc1ccc(S(=O)(=O)N(C)C)cc1. The molecule has 0 heterocycles. The molecule has 2 rings (SSSR count). The van der Waals surface area contributed by atoms with Crippen molar-refractivity contribution in [2.24, 2.45) is 0 Å². The second-order valence-electron chi connectivity index (χ2n) is 5.59. The molecule has 1 aliphatic rings. The quantitative estimate of drug-likeness (QED) is 0.901. The molecule has 1 aromatic carbocycles. The Hall–Kier alpha value is -1.11. The van der Waals surface area contributed by atoms with Gasteiger partial charge in [0.15, 0.2) is 0 Å². The van der Waals surface area contributed by atoms with Gasteiger partial charge in [0, 0.05) is 20.1 Å². The number of benzene rings is 1. The lowest BCUT2D eigenvalue weighted by Crippen LogP contribution is -2.43. The minimum atomic E-state index is -3.38. The second-order valence-corrected chi connectivity index (χ2v) is 7.75. The van der Waals surface area contributed by atoms with Crippen LogP contribution in [-0.4, -0.2) is 46.0 Å². The number of likely N-dealkylation sites (N-methyl/N-ethyl adjacent to an activating group) is 1. The minimum Gasteiger partial charge on any atom is -0.489 e. The number of hydrogen-bond acceptors (Lipinski definition) is 4. The molecule has 0 spiro atoms. The molecule has 5 nitrogen and oxygen atoms in total. The van der Waals surface area contributed by atoms with Crippen LogP contribution in [-0.2, 0) is 10.0 Å². The summed E-state index contributed by atoms with van der Waals surface area (Å²) >= 11 is 0. The molecule has 1 N–H and O–H groups in total. The summed E-state index contributed by atoms with van der Waals surface area (Å²) in [4.78, 5) is 0.286. The first-order chi connectivity index (χ1) is 9.95. The highest BCUT2D eigenvalue weighted by atomic mass is 32.2. The molecule has 0 bridgehead atoms. The van der Waals surface area contributed by atoms with E-state index < -0.39 is 10.0 Å². The van der Waals surface area contributed by atoms with E-state index in [0.29, 0.717) is 6.04 Å². The molecular weight excluding hydrogens is 288 g/mol. The molecule has 0 saturated heterocycles. The van der Waals surface area contributed by atoms with Gasteiger partial charge in [-0.05, 0) is 50.6 Å². The van der Waals surface area contributed by atoms with E-state index in [1.807, 2.05) is 7.05 Å². The Kier molecular flexibility index (Phi) is 5.24. The highest BCUT2D eigenvalue weighted by Gasteiger charge is 2.25. The fourth-order valence-corrected chi connectivity index (χ4v) is 3.55. The molecule has 21 heavy (non-hydrogen) atoms. The van der Waals surface area contributed by atoms with Crippen LogP contribution < -0.4 is 10.1 Å². The third-order valence-electron chi connectivity index (χ3n) is 3.96. The summed E-state index contributed by atoms with van der Waals surface area (Å²) in [5.41, 5.74) is 0. The van der Waals surface area contributed by atoms with Crippen LogP contribution in [0.15, 0.2) is 29.2 Å². The van der Waals surface area contributed by atoms with Crippen molar-refractivity contribution < 1.29 is 13.2 Å². The smallest absolute Gasteiger partial charge is 0.242 e. The van der Waals surface area contributed by atoms with Gasteiger partial charge in [-0.15, -0.1) is 0 Å². The van der Waals surface area contributed by atoms with E-state index in [0.717, 1.165) is 18.6 Å². The van der Waals surface area contributed by atoms with E-state index in [1.165, 1.54) is 31.2 Å². The van der Waals surface area contributed by atoms with E-state index in [1.54, 1.807) is 24.3 Å². The van der Waals surface area contributed by atoms with Crippen LogP contribution in [0, 0.1) is 0 Å². The number of sulfonamides is 1. The fourth-order valence-electron chi connectivity index (χ4n) is 2.64. The summed E-state index contributed by atoms with van der Waals surface area (Å²) in [6.07, 6.45) is 4.71. The summed E-state index contributed by atoms with van der Waals surface area (Å²) in [5.74, 6) is 0.722. The maximum atomic E-state index is 12.0. The molecule has 2 atom stereocenters. The van der Waals surface area contributed by atoms with Crippen LogP contribution in [0.3, 0.4) is 0 Å². The van der Waals surface area contributed by atoms with Crippen molar-refractivity contribution >= 4 is 10.0 Å². The Bertz CT molecular complexity index is 555. The van der Waals surface area contributed by atoms with E-state index in [-0.39, 0.29) is 11.0 Å². The van der Waals surface area contributed by atoms with Gasteiger partial charge in [0.05, 0.1) is 4.90 Å². The van der Waals surface area contributed by atoms with Crippen LogP contribution in [0.5, 0.6) is 5.75 Å². The third kappa shape index (κ3) is 3.75. The molecule has 1 aromatic rings. The predicted octanol–water partition coefficient (Wildman–Crippen LogP) is 1.85. The van der Waals surface area contributed by atoms with Crippen LogP contribution in [0.2, 0.25) is 0 Å². The van der Waals surface area contributed by atoms with Gasteiger partial charge >= 0.3 is 0 Å². The van der Waals surface area contributed by atoms with Gasteiger partial charge in [-0.3, -0.25) is 0 Å². The minimum absolute atomic E-state index is 0.153. The zero-order valence-electron chi connectivity index (χ0n) is 12.9. The van der Waals surface area contributed by atoms with Gasteiger partial charge in [0.1, 0.15) is 11.9 Å². The van der Waals surface area contributed by atoms with Crippen molar-refractivity contribution in [1.29, 1.82) is 0 Å². The molecule has 1 fully saturated rings. The van der Waals surface area contributed by atoms with Crippen LogP contribution in [0.4, 0.5) is 0 Å². The molecule has 1 saturated carbocycles. The summed E-state index contributed by atoms with van der Waals surface area (Å²) in [6, 6.07) is 7.03. The first-order valence-corrected chi connectivity index (χ1v) is 8.75. The highest BCUT2D eigenvalue weighted by molar-refractivity contribution is 7.89. The van der Waals surface area contributed by atoms with Gasteiger partial charge in [-0.1, -0.05) is 6.42 Å². The zero-order chi connectivity index (χ0) is 15.5. The van der Waals surface area contributed by atoms with E-state index >= 15 is 0 Å². The largest absolute Gasteiger partial charge is 0.489 e. The lowest BCUT2D eigenvalue weighted by molar-refractivity contribution is 0.118. The van der Waals surface area contributed by atoms with Crippen molar-refractivity contribution in [3.63, 3.8) is 0 Å². The normalized spacial score (nSPS) is 23.2. The zero-order valence-corrected chi connectivity index (χ0v) is 13.7. The fraction of sp³-hybridized carbons (Fsp3) is 0.600. The Balaban J connectivity index is 2.09. The van der Waals surface area contributed by atoms with E-state index in [4.69, 9.17) is 4.74 Å². The second kappa shape index (κ2) is 6.77. The van der Waals surface area contributed by atoms with Crippen LogP contribution in [0.1, 0.15) is 25.7 Å². The maximum absolute atomic E-state index is 12.0. The van der Waals surface area contributed by atoms with Gasteiger partial charge < -0.3 is 10.1 Å². The summed E-state index contributed by atoms with van der Waals surface area (Å²) in [6.45, 7) is 0. The summed E-state index contributed by atoms with van der Waals surface area (Å²) in [5, 5.41) is 3.30. The summed E-state index contributed by atoms with van der Waals surface area (Å²) < 4.78 is 31.2. The van der Waals surface area contributed by atoms with Crippen LogP contribution in [0.25, 0.3) is 0 Å². The number of ether oxygens (including phenoxy) is 1. The molecule has 0 radical (unpaired) electrons. The van der Waals surface area contributed by atoms with Gasteiger partial charge in [-0.25, -0.2) is 12.7 Å². The standard InChI is InChI=1S/C15H24N2O3S/c1-16-14-6-4-5-7-15(14)20-12-8-10-13(11-9-12)21(18,19)17(2)3/h8-11,14-16H,4-7H2,1-3H3. The topological polar surface area (TPSA) is 58.6 Å². The Morgan fingerprint density at radius 3 is 2.33 bits per heavy atom. The van der Waals surface area contributed by atoms with E-state index in [2.05, 4.69) is 5.32 Å². The average molecular weight is 312 g/mol.